The van der Waals surface area contributed by atoms with Crippen molar-refractivity contribution in [3.05, 3.63) is 82.4 Å². The van der Waals surface area contributed by atoms with Gasteiger partial charge in [-0.05, 0) is 74.1 Å². The van der Waals surface area contributed by atoms with Crippen molar-refractivity contribution in [2.24, 2.45) is 5.73 Å². The van der Waals surface area contributed by atoms with Crippen LogP contribution in [0.2, 0.25) is 0 Å². The van der Waals surface area contributed by atoms with E-state index in [0.717, 1.165) is 48.2 Å². The molecule has 0 atom stereocenters. The number of nitrogens with zero attached hydrogens (tertiary/aromatic N) is 2. The fraction of sp³-hybridized carbons (Fsp3) is 0.357. The maximum absolute atomic E-state index is 13.4. The van der Waals surface area contributed by atoms with Crippen LogP contribution in [0.1, 0.15) is 63.2 Å². The van der Waals surface area contributed by atoms with Crippen molar-refractivity contribution in [2.75, 3.05) is 11.9 Å². The van der Waals surface area contributed by atoms with Gasteiger partial charge in [0.05, 0.1) is 17.2 Å². The summed E-state index contributed by atoms with van der Waals surface area (Å²) in [7, 11) is 0. The van der Waals surface area contributed by atoms with E-state index >= 15 is 0 Å². The second kappa shape index (κ2) is 9.78. The average molecular weight is 491 g/mol. The van der Waals surface area contributed by atoms with Crippen molar-refractivity contribution in [3.63, 3.8) is 0 Å². The molecule has 0 bridgehead atoms. The van der Waals surface area contributed by atoms with Gasteiger partial charge in [-0.2, -0.15) is 0 Å². The van der Waals surface area contributed by atoms with Crippen molar-refractivity contribution in [2.45, 2.75) is 57.7 Å². The first-order valence-electron chi connectivity index (χ1n) is 12.4. The molecule has 1 saturated carbocycles. The number of nitrogens with one attached hydrogen (secondary N) is 1. The molecule has 1 aromatic heterocycles. The van der Waals surface area contributed by atoms with Gasteiger partial charge >= 0.3 is 0 Å². The highest BCUT2D eigenvalue weighted by Gasteiger charge is 2.30. The van der Waals surface area contributed by atoms with Crippen LogP contribution in [0, 0.1) is 12.7 Å². The highest BCUT2D eigenvalue weighted by Crippen LogP contribution is 2.31. The Balaban J connectivity index is 1.43. The van der Waals surface area contributed by atoms with Crippen molar-refractivity contribution in [3.8, 4) is 5.69 Å². The number of aromatic nitrogens is 1. The molecule has 8 heteroatoms. The number of nitrogens with two attached hydrogens (primary N) is 1. The zero-order valence-electron chi connectivity index (χ0n) is 20.3. The van der Waals surface area contributed by atoms with Gasteiger partial charge in [0.15, 0.2) is 0 Å². The van der Waals surface area contributed by atoms with E-state index in [1.54, 1.807) is 23.1 Å². The highest BCUT2D eigenvalue weighted by molar-refractivity contribution is 5.99. The molecule has 4 N–H and O–H groups in total. The predicted molar refractivity (Wildman–Crippen MR) is 136 cm³/mol. The highest BCUT2D eigenvalue weighted by atomic mass is 19.1. The number of benzene rings is 2. The Morgan fingerprint density at radius 1 is 1.14 bits per heavy atom. The van der Waals surface area contributed by atoms with Gasteiger partial charge in [0.1, 0.15) is 5.82 Å². The van der Waals surface area contributed by atoms with E-state index in [9.17, 15) is 19.1 Å². The third-order valence-corrected chi connectivity index (χ3v) is 7.31. The Morgan fingerprint density at radius 3 is 2.56 bits per heavy atom. The zero-order valence-corrected chi connectivity index (χ0v) is 20.3. The summed E-state index contributed by atoms with van der Waals surface area (Å²) < 4.78 is 15.3. The molecule has 1 aliphatic carbocycles. The molecule has 0 radical (unpaired) electrons. The molecular formula is C28H31FN4O3. The number of amides is 2. The van der Waals surface area contributed by atoms with Crippen molar-refractivity contribution in [1.29, 1.82) is 0 Å². The lowest BCUT2D eigenvalue weighted by atomic mass is 9.92. The number of anilines is 1. The molecule has 1 fully saturated rings. The monoisotopic (exact) mass is 490 g/mol. The summed E-state index contributed by atoms with van der Waals surface area (Å²) in [5.74, 6) is -0.835. The van der Waals surface area contributed by atoms with Crippen molar-refractivity contribution in [1.82, 2.24) is 9.47 Å². The lowest BCUT2D eigenvalue weighted by Crippen LogP contribution is -2.37. The smallest absolute Gasteiger partial charge is 0.256 e. The first kappa shape index (κ1) is 24.1. The third-order valence-electron chi connectivity index (χ3n) is 7.31. The number of aryl methyl sites for hydroxylation is 1. The lowest BCUT2D eigenvalue weighted by Gasteiger charge is -2.29. The summed E-state index contributed by atoms with van der Waals surface area (Å²) >= 11 is 0. The van der Waals surface area contributed by atoms with Crippen LogP contribution in [0.15, 0.2) is 48.7 Å². The molecule has 5 rings (SSSR count). The number of fused-ring (bicyclic) bond motifs is 1. The molecule has 2 heterocycles. The summed E-state index contributed by atoms with van der Waals surface area (Å²) in [6.45, 7) is 2.92. The van der Waals surface area contributed by atoms with E-state index in [0.29, 0.717) is 36.3 Å². The van der Waals surface area contributed by atoms with Gasteiger partial charge in [-0.3, -0.25) is 9.59 Å². The third kappa shape index (κ3) is 4.73. The summed E-state index contributed by atoms with van der Waals surface area (Å²) in [4.78, 5) is 27.3. The zero-order chi connectivity index (χ0) is 25.4. The van der Waals surface area contributed by atoms with Crippen molar-refractivity contribution >= 4 is 17.5 Å². The van der Waals surface area contributed by atoms with Gasteiger partial charge in [0.2, 0.25) is 0 Å². The molecule has 7 nitrogen and oxygen atoms in total. The normalized spacial score (nSPS) is 19.8. The average Bonchev–Trinajstić information content (AvgIpc) is 3.20. The van der Waals surface area contributed by atoms with Crippen LogP contribution in [-0.4, -0.2) is 45.1 Å². The minimum absolute atomic E-state index is 0.0373. The Labute approximate surface area is 209 Å². The van der Waals surface area contributed by atoms with E-state index in [-0.39, 0.29) is 23.9 Å². The fourth-order valence-electron chi connectivity index (χ4n) is 5.37. The van der Waals surface area contributed by atoms with E-state index in [4.69, 9.17) is 5.73 Å². The number of primary amides is 1. The minimum Gasteiger partial charge on any atom is -0.393 e. The molecule has 0 unspecified atom stereocenters. The Morgan fingerprint density at radius 2 is 1.86 bits per heavy atom. The van der Waals surface area contributed by atoms with Gasteiger partial charge in [-0.1, -0.05) is 12.1 Å². The molecule has 188 valence electrons. The molecule has 2 aliphatic rings. The standard InChI is InChI=1S/C28H31FN4O3/c1-17-15-33(25-12-13-32(28(36)26(17)25)16-18-2-4-19(29)5-3-18)21-8-11-23(27(30)35)24(14-21)31-20-6-9-22(34)10-7-20/h2-5,8,11,14-15,20,22,31,34H,6-7,9-10,12-13,16H2,1H3,(H2,30,35). The number of aliphatic hydroxyl groups is 1. The van der Waals surface area contributed by atoms with Crippen LogP contribution >= 0.6 is 0 Å². The van der Waals surface area contributed by atoms with Crippen molar-refractivity contribution < 1.29 is 19.1 Å². The Hall–Kier alpha value is -3.65. The molecular weight excluding hydrogens is 459 g/mol. The SMILES string of the molecule is Cc1cn(-c2ccc(C(N)=O)c(NC3CCC(O)CC3)c2)c2c1C(=O)N(Cc1ccc(F)cc1)CC2. The molecule has 2 amide bonds. The summed E-state index contributed by atoms with van der Waals surface area (Å²) in [5, 5.41) is 13.3. The largest absolute Gasteiger partial charge is 0.393 e. The van der Waals surface area contributed by atoms with Crippen LogP contribution < -0.4 is 11.1 Å². The first-order valence-corrected chi connectivity index (χ1v) is 12.4. The van der Waals surface area contributed by atoms with Crippen LogP contribution in [0.25, 0.3) is 5.69 Å². The van der Waals surface area contributed by atoms with E-state index < -0.39 is 5.91 Å². The second-order valence-electron chi connectivity index (χ2n) is 9.85. The second-order valence-corrected chi connectivity index (χ2v) is 9.85. The molecule has 0 spiro atoms. The van der Waals surface area contributed by atoms with E-state index in [2.05, 4.69) is 5.32 Å². The molecule has 1 aliphatic heterocycles. The number of aliphatic hydroxyl groups excluding tert-OH is 1. The number of carbonyl (C=O) groups excluding carboxylic acids is 2. The van der Waals surface area contributed by atoms with Gasteiger partial charge in [-0.25, -0.2) is 4.39 Å². The Bertz CT molecular complexity index is 1290. The van der Waals surface area contributed by atoms with Crippen LogP contribution in [0.4, 0.5) is 10.1 Å². The number of hydrogen-bond donors (Lipinski definition) is 3. The van der Waals surface area contributed by atoms with Gasteiger partial charge in [0, 0.05) is 48.8 Å². The van der Waals surface area contributed by atoms with Gasteiger partial charge < -0.3 is 25.6 Å². The number of halogens is 1. The maximum Gasteiger partial charge on any atom is 0.256 e. The molecule has 36 heavy (non-hydrogen) atoms. The van der Waals surface area contributed by atoms with Crippen LogP contribution in [0.5, 0.6) is 0 Å². The molecule has 3 aromatic rings. The van der Waals surface area contributed by atoms with E-state index in [1.807, 2.05) is 29.8 Å². The summed E-state index contributed by atoms with van der Waals surface area (Å²) in [5.41, 5.74) is 11.0. The van der Waals surface area contributed by atoms with Crippen LogP contribution in [0.3, 0.4) is 0 Å². The topological polar surface area (TPSA) is 101 Å². The van der Waals surface area contributed by atoms with E-state index in [1.165, 1.54) is 12.1 Å². The predicted octanol–water partition coefficient (Wildman–Crippen LogP) is 3.94. The van der Waals surface area contributed by atoms with Crippen LogP contribution in [-0.2, 0) is 13.0 Å². The Kier molecular flexibility index (Phi) is 6.53. The summed E-state index contributed by atoms with van der Waals surface area (Å²) in [6, 6.07) is 11.9. The molecule has 0 saturated heterocycles. The van der Waals surface area contributed by atoms with Gasteiger partial charge in [0.25, 0.3) is 11.8 Å². The molecule has 2 aromatic carbocycles. The fourth-order valence-corrected chi connectivity index (χ4v) is 5.37. The quantitative estimate of drug-likeness (QED) is 0.487. The first-order chi connectivity index (χ1) is 17.3. The minimum atomic E-state index is -0.503. The number of hydrogen-bond acceptors (Lipinski definition) is 4. The summed E-state index contributed by atoms with van der Waals surface area (Å²) in [6.07, 6.45) is 5.47. The maximum atomic E-state index is 13.4. The van der Waals surface area contributed by atoms with Gasteiger partial charge in [-0.15, -0.1) is 0 Å². The lowest BCUT2D eigenvalue weighted by molar-refractivity contribution is 0.0725. The number of rotatable bonds is 6. The number of carbonyl (C=O) groups is 2.